The fourth-order valence-corrected chi connectivity index (χ4v) is 5.05. The fourth-order valence-electron chi connectivity index (χ4n) is 4.11. The van der Waals surface area contributed by atoms with Gasteiger partial charge in [-0.05, 0) is 30.3 Å². The number of amides is 1. The zero-order chi connectivity index (χ0) is 24.4. The monoisotopic (exact) mass is 491 g/mol. The summed E-state index contributed by atoms with van der Waals surface area (Å²) in [6.07, 6.45) is 3.96. The molecule has 5 rings (SSSR count). The van der Waals surface area contributed by atoms with Crippen LogP contribution in [-0.2, 0) is 6.54 Å². The molecule has 10 heteroatoms. The first-order valence-corrected chi connectivity index (χ1v) is 11.9. The first kappa shape index (κ1) is 23.0. The Bertz CT molecular complexity index is 1370. The molecule has 1 fully saturated rings. The number of benzene rings is 2. The van der Waals surface area contributed by atoms with Gasteiger partial charge in [0.15, 0.2) is 0 Å². The lowest BCUT2D eigenvalue weighted by atomic mass is 10.1. The second-order valence-electron chi connectivity index (χ2n) is 8.24. The quantitative estimate of drug-likeness (QED) is 0.292. The summed E-state index contributed by atoms with van der Waals surface area (Å²) in [4.78, 5) is 33.6. The second-order valence-corrected chi connectivity index (χ2v) is 9.32. The highest BCUT2D eigenvalue weighted by Crippen LogP contribution is 2.34. The Morgan fingerprint density at radius 1 is 1.03 bits per heavy atom. The maximum absolute atomic E-state index is 14.2. The van der Waals surface area contributed by atoms with Gasteiger partial charge in [-0.25, -0.2) is 9.37 Å². The number of carbonyl (C=O) groups excluding carboxylic acids is 1. The number of fused-ring (bicyclic) bond motifs is 1. The molecule has 0 saturated carbocycles. The smallest absolute Gasteiger partial charge is 0.270 e. The van der Waals surface area contributed by atoms with Crippen molar-refractivity contribution < 1.29 is 14.1 Å². The van der Waals surface area contributed by atoms with E-state index in [1.54, 1.807) is 23.1 Å². The van der Waals surface area contributed by atoms with E-state index in [1.807, 2.05) is 35.0 Å². The summed E-state index contributed by atoms with van der Waals surface area (Å²) >= 11 is 1.09. The number of pyridine rings is 1. The Kier molecular flexibility index (Phi) is 6.47. The van der Waals surface area contributed by atoms with Crippen molar-refractivity contribution in [2.45, 2.75) is 16.3 Å². The molecule has 0 aliphatic carbocycles. The lowest BCUT2D eigenvalue weighted by Crippen LogP contribution is -2.48. The third kappa shape index (κ3) is 5.03. The van der Waals surface area contributed by atoms with Crippen molar-refractivity contribution in [2.75, 3.05) is 26.2 Å². The number of halogens is 1. The number of carbonyl (C=O) groups is 1. The van der Waals surface area contributed by atoms with Gasteiger partial charge in [0.25, 0.3) is 11.6 Å². The predicted octanol–water partition coefficient (Wildman–Crippen LogP) is 4.49. The Balaban J connectivity index is 1.30. The van der Waals surface area contributed by atoms with Gasteiger partial charge in [0.2, 0.25) is 0 Å². The summed E-state index contributed by atoms with van der Waals surface area (Å²) in [5.41, 5.74) is 1.89. The number of hydrogen-bond acceptors (Lipinski definition) is 6. The molecular formula is C25H22FN5O3S. The molecule has 35 heavy (non-hydrogen) atoms. The van der Waals surface area contributed by atoms with E-state index in [1.165, 1.54) is 24.3 Å². The molecular weight excluding hydrogens is 469 g/mol. The van der Waals surface area contributed by atoms with Gasteiger partial charge in [-0.1, -0.05) is 30.0 Å². The van der Waals surface area contributed by atoms with Crippen LogP contribution in [0.4, 0.5) is 10.1 Å². The minimum absolute atomic E-state index is 0.170. The number of nitrogens with zero attached hydrogens (tertiary/aromatic N) is 5. The summed E-state index contributed by atoms with van der Waals surface area (Å²) in [6, 6.07) is 16.3. The average Bonchev–Trinajstić information content (AvgIpc) is 3.28. The molecule has 0 bridgehead atoms. The van der Waals surface area contributed by atoms with Crippen LogP contribution in [0.15, 0.2) is 82.8 Å². The lowest BCUT2D eigenvalue weighted by molar-refractivity contribution is -0.384. The van der Waals surface area contributed by atoms with Gasteiger partial charge in [-0.3, -0.25) is 19.8 Å². The highest BCUT2D eigenvalue weighted by atomic mass is 32.2. The Morgan fingerprint density at radius 2 is 1.80 bits per heavy atom. The SMILES string of the molecule is O=C(c1cc([N+](=O)[O-])ccc1Sc1ccccc1F)N1CCN(Cc2cn3ccccc3n2)CC1. The van der Waals surface area contributed by atoms with Gasteiger partial charge < -0.3 is 9.30 Å². The summed E-state index contributed by atoms with van der Waals surface area (Å²) in [5.74, 6) is -0.699. The topological polar surface area (TPSA) is 84.0 Å². The van der Waals surface area contributed by atoms with Gasteiger partial charge in [0.05, 0.1) is 16.2 Å². The number of rotatable bonds is 6. The Labute approximate surface area is 205 Å². The first-order valence-electron chi connectivity index (χ1n) is 11.1. The minimum Gasteiger partial charge on any atom is -0.336 e. The van der Waals surface area contributed by atoms with Crippen molar-refractivity contribution in [3.63, 3.8) is 0 Å². The number of imidazole rings is 1. The zero-order valence-corrected chi connectivity index (χ0v) is 19.5. The van der Waals surface area contributed by atoms with Crippen molar-refractivity contribution in [1.29, 1.82) is 0 Å². The molecule has 178 valence electrons. The lowest BCUT2D eigenvalue weighted by Gasteiger charge is -2.34. The third-order valence-electron chi connectivity index (χ3n) is 5.92. The van der Waals surface area contributed by atoms with Crippen molar-refractivity contribution in [3.8, 4) is 0 Å². The molecule has 8 nitrogen and oxygen atoms in total. The molecule has 1 amide bonds. The van der Waals surface area contributed by atoms with E-state index in [9.17, 15) is 19.3 Å². The van der Waals surface area contributed by atoms with Gasteiger partial charge >= 0.3 is 0 Å². The van der Waals surface area contributed by atoms with Crippen LogP contribution in [0.3, 0.4) is 0 Å². The van der Waals surface area contributed by atoms with Crippen LogP contribution in [0.1, 0.15) is 16.1 Å². The highest BCUT2D eigenvalue weighted by Gasteiger charge is 2.26. The van der Waals surface area contributed by atoms with E-state index in [0.29, 0.717) is 42.5 Å². The van der Waals surface area contributed by atoms with E-state index >= 15 is 0 Å². The van der Waals surface area contributed by atoms with Crippen molar-refractivity contribution in [1.82, 2.24) is 19.2 Å². The van der Waals surface area contributed by atoms with Crippen LogP contribution < -0.4 is 0 Å². The molecule has 2 aromatic heterocycles. The minimum atomic E-state index is -0.527. The summed E-state index contributed by atoms with van der Waals surface area (Å²) in [5, 5.41) is 11.4. The third-order valence-corrected chi connectivity index (χ3v) is 7.05. The highest BCUT2D eigenvalue weighted by molar-refractivity contribution is 7.99. The Hall–Kier alpha value is -3.76. The van der Waals surface area contributed by atoms with Crippen LogP contribution in [-0.4, -0.2) is 56.2 Å². The van der Waals surface area contributed by atoms with E-state index in [2.05, 4.69) is 9.88 Å². The molecule has 0 radical (unpaired) electrons. The molecule has 3 heterocycles. The van der Waals surface area contributed by atoms with Gasteiger partial charge in [-0.15, -0.1) is 0 Å². The fraction of sp³-hybridized carbons (Fsp3) is 0.200. The molecule has 0 atom stereocenters. The van der Waals surface area contributed by atoms with E-state index < -0.39 is 10.7 Å². The van der Waals surface area contributed by atoms with Crippen molar-refractivity contribution in [3.05, 3.63) is 100 Å². The van der Waals surface area contributed by atoms with Crippen LogP contribution in [0.5, 0.6) is 0 Å². The van der Waals surface area contributed by atoms with Gasteiger partial charge in [0.1, 0.15) is 11.5 Å². The van der Waals surface area contributed by atoms with Crippen molar-refractivity contribution >= 4 is 29.0 Å². The van der Waals surface area contributed by atoms with E-state index in [-0.39, 0.29) is 17.2 Å². The summed E-state index contributed by atoms with van der Waals surface area (Å²) < 4.78 is 16.2. The number of nitro benzene ring substituents is 1. The maximum atomic E-state index is 14.2. The number of piperazine rings is 1. The van der Waals surface area contributed by atoms with Crippen molar-refractivity contribution in [2.24, 2.45) is 0 Å². The maximum Gasteiger partial charge on any atom is 0.270 e. The molecule has 4 aromatic rings. The first-order chi connectivity index (χ1) is 17.0. The van der Waals surface area contributed by atoms with Crippen LogP contribution >= 0.6 is 11.8 Å². The standard InChI is InChI=1S/C25H22FN5O3S/c26-21-5-1-2-6-23(21)35-22-9-8-19(31(33)34)15-20(22)25(32)29-13-11-28(12-14-29)16-18-17-30-10-4-3-7-24(30)27-18/h1-10,15,17H,11-14,16H2. The molecule has 1 aliphatic rings. The molecule has 1 saturated heterocycles. The van der Waals surface area contributed by atoms with Crippen LogP contribution in [0.25, 0.3) is 5.65 Å². The molecule has 2 aromatic carbocycles. The van der Waals surface area contributed by atoms with E-state index in [4.69, 9.17) is 0 Å². The molecule has 0 spiro atoms. The predicted molar refractivity (Wildman–Crippen MR) is 130 cm³/mol. The van der Waals surface area contributed by atoms with Gasteiger partial charge in [-0.2, -0.15) is 0 Å². The normalized spacial score (nSPS) is 14.4. The molecule has 0 N–H and O–H groups in total. The largest absolute Gasteiger partial charge is 0.336 e. The molecule has 0 unspecified atom stereocenters. The second kappa shape index (κ2) is 9.85. The number of non-ortho nitro benzene ring substituents is 1. The van der Waals surface area contributed by atoms with Crippen LogP contribution in [0.2, 0.25) is 0 Å². The Morgan fingerprint density at radius 3 is 2.54 bits per heavy atom. The van der Waals surface area contributed by atoms with Gasteiger partial charge in [0, 0.05) is 67.0 Å². The van der Waals surface area contributed by atoms with E-state index in [0.717, 1.165) is 23.1 Å². The number of hydrogen-bond donors (Lipinski definition) is 0. The zero-order valence-electron chi connectivity index (χ0n) is 18.7. The summed E-state index contributed by atoms with van der Waals surface area (Å²) in [6.45, 7) is 2.96. The average molecular weight is 492 g/mol. The molecule has 1 aliphatic heterocycles. The number of aromatic nitrogens is 2. The number of nitro groups is 1. The van der Waals surface area contributed by atoms with Crippen LogP contribution in [0, 0.1) is 15.9 Å². The summed E-state index contributed by atoms with van der Waals surface area (Å²) in [7, 11) is 0.